The van der Waals surface area contributed by atoms with Crippen molar-refractivity contribution in [3.05, 3.63) is 52.8 Å². The van der Waals surface area contributed by atoms with Crippen LogP contribution in [-0.2, 0) is 6.54 Å². The Labute approximate surface area is 143 Å². The molecule has 1 aromatic heterocycles. The number of carbonyl (C=O) groups excluding carboxylic acids is 1. The second-order valence-electron chi connectivity index (χ2n) is 5.05. The summed E-state index contributed by atoms with van der Waals surface area (Å²) in [5.41, 5.74) is 1.41. The van der Waals surface area contributed by atoms with Crippen molar-refractivity contribution < 1.29 is 14.3 Å². The molecule has 3 aromatic rings. The topological polar surface area (TPSA) is 52.8 Å². The quantitative estimate of drug-likeness (QED) is 0.729. The van der Waals surface area contributed by atoms with Crippen LogP contribution in [0.4, 0.5) is 0 Å². The first-order valence-electron chi connectivity index (χ1n) is 7.58. The van der Waals surface area contributed by atoms with Crippen molar-refractivity contribution in [2.75, 3.05) is 14.2 Å². The largest absolute Gasteiger partial charge is 0.496 e. The molecule has 5 nitrogen and oxygen atoms in total. The van der Waals surface area contributed by atoms with Gasteiger partial charge in [0.2, 0.25) is 0 Å². The van der Waals surface area contributed by atoms with Crippen LogP contribution in [0.3, 0.4) is 0 Å². The second-order valence-corrected chi connectivity index (χ2v) is 6.06. The maximum absolute atomic E-state index is 12.6. The van der Waals surface area contributed by atoms with Crippen molar-refractivity contribution in [3.8, 4) is 11.5 Å². The predicted molar refractivity (Wildman–Crippen MR) is 94.9 cm³/mol. The van der Waals surface area contributed by atoms with E-state index in [2.05, 4.69) is 4.99 Å². The highest BCUT2D eigenvalue weighted by molar-refractivity contribution is 7.16. The van der Waals surface area contributed by atoms with E-state index >= 15 is 0 Å². The van der Waals surface area contributed by atoms with Gasteiger partial charge < -0.3 is 14.0 Å². The normalized spacial score (nSPS) is 11.7. The Morgan fingerprint density at radius 2 is 1.79 bits per heavy atom. The minimum atomic E-state index is -0.319. The van der Waals surface area contributed by atoms with Gasteiger partial charge in [0.05, 0.1) is 24.5 Å². The number of hydrogen-bond acceptors (Lipinski definition) is 4. The minimum absolute atomic E-state index is 0.319. The van der Waals surface area contributed by atoms with E-state index in [1.54, 1.807) is 32.4 Å². The Morgan fingerprint density at radius 1 is 1.08 bits per heavy atom. The first-order valence-corrected chi connectivity index (χ1v) is 8.39. The molecule has 2 aromatic carbocycles. The summed E-state index contributed by atoms with van der Waals surface area (Å²) >= 11 is 1.47. The van der Waals surface area contributed by atoms with Crippen LogP contribution in [0.1, 0.15) is 17.3 Å². The van der Waals surface area contributed by atoms with E-state index in [-0.39, 0.29) is 5.91 Å². The van der Waals surface area contributed by atoms with E-state index in [0.29, 0.717) is 22.7 Å². The highest BCUT2D eigenvalue weighted by Crippen LogP contribution is 2.27. The van der Waals surface area contributed by atoms with Gasteiger partial charge in [-0.15, -0.1) is 0 Å². The molecule has 0 N–H and O–H groups in total. The second kappa shape index (κ2) is 6.88. The zero-order valence-corrected chi connectivity index (χ0v) is 14.6. The molecule has 0 saturated carbocycles. The maximum atomic E-state index is 12.6. The molecular formula is C18H18N2O3S. The van der Waals surface area contributed by atoms with E-state index in [9.17, 15) is 4.79 Å². The van der Waals surface area contributed by atoms with Crippen LogP contribution in [0.15, 0.2) is 47.5 Å². The van der Waals surface area contributed by atoms with E-state index < -0.39 is 0 Å². The number of rotatable bonds is 4. The molecule has 1 heterocycles. The molecule has 0 saturated heterocycles. The SMILES string of the molecule is CCn1c(=NC(=O)c2ccccc2OC)sc2cccc(OC)c21. The Kier molecular flexibility index (Phi) is 4.66. The van der Waals surface area contributed by atoms with Crippen molar-refractivity contribution in [3.63, 3.8) is 0 Å². The molecule has 0 atom stereocenters. The van der Waals surface area contributed by atoms with Crippen LogP contribution in [0, 0.1) is 0 Å². The van der Waals surface area contributed by atoms with Crippen LogP contribution in [-0.4, -0.2) is 24.7 Å². The first-order chi connectivity index (χ1) is 11.7. The average Bonchev–Trinajstić information content (AvgIpc) is 2.98. The van der Waals surface area contributed by atoms with Crippen molar-refractivity contribution >= 4 is 27.5 Å². The molecule has 1 amide bonds. The summed E-state index contributed by atoms with van der Waals surface area (Å²) in [6.45, 7) is 2.71. The Morgan fingerprint density at radius 3 is 2.50 bits per heavy atom. The molecule has 0 unspecified atom stereocenters. The average molecular weight is 342 g/mol. The number of methoxy groups -OCH3 is 2. The fourth-order valence-corrected chi connectivity index (χ4v) is 3.72. The third-order valence-electron chi connectivity index (χ3n) is 3.73. The van der Waals surface area contributed by atoms with Gasteiger partial charge in [0.25, 0.3) is 5.91 Å². The highest BCUT2D eigenvalue weighted by Gasteiger charge is 2.14. The van der Waals surface area contributed by atoms with Crippen molar-refractivity contribution in [1.82, 2.24) is 4.57 Å². The number of carbonyl (C=O) groups is 1. The summed E-state index contributed by atoms with van der Waals surface area (Å²) in [6, 6.07) is 12.9. The standard InChI is InChI=1S/C18H18N2O3S/c1-4-20-16-14(23-3)10-7-11-15(16)24-18(20)19-17(21)12-8-5-6-9-13(12)22-2/h5-11H,4H2,1-3H3. The summed E-state index contributed by atoms with van der Waals surface area (Å²) < 4.78 is 13.7. The number of fused-ring (bicyclic) bond motifs is 1. The Balaban J connectivity index is 2.18. The molecule has 3 rings (SSSR count). The predicted octanol–water partition coefficient (Wildman–Crippen LogP) is 3.48. The third-order valence-corrected chi connectivity index (χ3v) is 4.78. The minimum Gasteiger partial charge on any atom is -0.496 e. The molecule has 0 radical (unpaired) electrons. The zero-order valence-electron chi connectivity index (χ0n) is 13.8. The number of amides is 1. The number of ether oxygens (including phenoxy) is 2. The van der Waals surface area contributed by atoms with Crippen molar-refractivity contribution in [1.29, 1.82) is 0 Å². The molecule has 0 bridgehead atoms. The summed E-state index contributed by atoms with van der Waals surface area (Å²) in [7, 11) is 3.19. The summed E-state index contributed by atoms with van der Waals surface area (Å²) in [4.78, 5) is 17.6. The van der Waals surface area contributed by atoms with E-state index in [4.69, 9.17) is 9.47 Å². The Bertz CT molecular complexity index is 956. The van der Waals surface area contributed by atoms with Crippen LogP contribution in [0.5, 0.6) is 11.5 Å². The first kappa shape index (κ1) is 16.3. The van der Waals surface area contributed by atoms with Crippen LogP contribution in [0.2, 0.25) is 0 Å². The summed E-state index contributed by atoms with van der Waals surface area (Å²) in [6.07, 6.45) is 0. The Hall–Kier alpha value is -2.60. The van der Waals surface area contributed by atoms with Crippen molar-refractivity contribution in [2.24, 2.45) is 4.99 Å². The number of thiazole rings is 1. The number of para-hydroxylation sites is 2. The van der Waals surface area contributed by atoms with Crippen molar-refractivity contribution in [2.45, 2.75) is 13.5 Å². The summed E-state index contributed by atoms with van der Waals surface area (Å²) in [5.74, 6) is 0.977. The van der Waals surface area contributed by atoms with Gasteiger partial charge in [0, 0.05) is 6.54 Å². The lowest BCUT2D eigenvalue weighted by Gasteiger charge is -2.06. The molecule has 6 heteroatoms. The van der Waals surface area contributed by atoms with E-state index in [0.717, 1.165) is 16.0 Å². The number of nitrogens with zero attached hydrogens (tertiary/aromatic N) is 2. The monoisotopic (exact) mass is 342 g/mol. The molecule has 0 aliphatic rings. The lowest BCUT2D eigenvalue weighted by Crippen LogP contribution is -2.16. The fourth-order valence-electron chi connectivity index (χ4n) is 2.61. The van der Waals surface area contributed by atoms with Gasteiger partial charge >= 0.3 is 0 Å². The molecular weight excluding hydrogens is 324 g/mol. The summed E-state index contributed by atoms with van der Waals surface area (Å²) in [5, 5.41) is 0. The third kappa shape index (κ3) is 2.80. The molecule has 0 aliphatic heterocycles. The lowest BCUT2D eigenvalue weighted by atomic mass is 10.2. The maximum Gasteiger partial charge on any atom is 0.283 e. The van der Waals surface area contributed by atoms with Gasteiger partial charge in [-0.3, -0.25) is 4.79 Å². The van der Waals surface area contributed by atoms with E-state index in [1.165, 1.54) is 11.3 Å². The van der Waals surface area contributed by atoms with Crippen LogP contribution in [0.25, 0.3) is 10.2 Å². The molecule has 0 aliphatic carbocycles. The number of aromatic nitrogens is 1. The van der Waals surface area contributed by atoms with Gasteiger partial charge in [-0.1, -0.05) is 29.5 Å². The van der Waals surface area contributed by atoms with Crippen LogP contribution >= 0.6 is 11.3 Å². The van der Waals surface area contributed by atoms with Gasteiger partial charge in [-0.05, 0) is 31.2 Å². The smallest absolute Gasteiger partial charge is 0.283 e. The fraction of sp³-hybridized carbons (Fsp3) is 0.222. The number of benzene rings is 2. The van der Waals surface area contributed by atoms with Gasteiger partial charge in [0.15, 0.2) is 4.80 Å². The van der Waals surface area contributed by atoms with E-state index in [1.807, 2.05) is 35.8 Å². The molecule has 124 valence electrons. The highest BCUT2D eigenvalue weighted by atomic mass is 32.1. The zero-order chi connectivity index (χ0) is 17.1. The molecule has 0 spiro atoms. The number of aryl methyl sites for hydroxylation is 1. The van der Waals surface area contributed by atoms with Gasteiger partial charge in [-0.25, -0.2) is 0 Å². The molecule has 0 fully saturated rings. The lowest BCUT2D eigenvalue weighted by molar-refractivity contribution is 0.0995. The van der Waals surface area contributed by atoms with Gasteiger partial charge in [0.1, 0.15) is 17.0 Å². The number of hydrogen-bond donors (Lipinski definition) is 0. The molecule has 24 heavy (non-hydrogen) atoms. The van der Waals surface area contributed by atoms with Gasteiger partial charge in [-0.2, -0.15) is 4.99 Å². The van der Waals surface area contributed by atoms with Crippen LogP contribution < -0.4 is 14.3 Å².